The van der Waals surface area contributed by atoms with E-state index in [-0.39, 0.29) is 17.5 Å². The molecule has 2 N–H and O–H groups in total. The maximum atomic E-state index is 13.0. The highest BCUT2D eigenvalue weighted by molar-refractivity contribution is 5.95. The molecule has 1 atom stereocenters. The minimum Gasteiger partial charge on any atom is -0.494 e. The summed E-state index contributed by atoms with van der Waals surface area (Å²) in [6, 6.07) is 9.53. The van der Waals surface area contributed by atoms with Gasteiger partial charge in [-0.25, -0.2) is 14.6 Å². The van der Waals surface area contributed by atoms with Crippen LogP contribution in [-0.2, 0) is 6.54 Å². The SMILES string of the molecule is COc1cccc2c(-c3cn(Cc4cccn(C(C)C5CC5)c4=O)nn3)nc(N)nc12. The highest BCUT2D eigenvalue weighted by Gasteiger charge is 2.29. The van der Waals surface area contributed by atoms with Crippen molar-refractivity contribution in [1.82, 2.24) is 29.5 Å². The number of ether oxygens (including phenoxy) is 1. The number of hydrogen-bond donors (Lipinski definition) is 1. The summed E-state index contributed by atoms with van der Waals surface area (Å²) >= 11 is 0. The van der Waals surface area contributed by atoms with E-state index >= 15 is 0 Å². The number of nitrogens with zero attached hydrogens (tertiary/aromatic N) is 6. The molecule has 1 saturated carbocycles. The number of rotatable bonds is 6. The Balaban J connectivity index is 1.49. The van der Waals surface area contributed by atoms with E-state index in [9.17, 15) is 4.79 Å². The molecule has 158 valence electrons. The van der Waals surface area contributed by atoms with Gasteiger partial charge >= 0.3 is 0 Å². The molecule has 9 heteroatoms. The average Bonchev–Trinajstić information content (AvgIpc) is 3.52. The number of benzene rings is 1. The number of nitrogen functional groups attached to an aromatic ring is 1. The first-order chi connectivity index (χ1) is 15.0. The van der Waals surface area contributed by atoms with Crippen molar-refractivity contribution in [3.63, 3.8) is 0 Å². The molecule has 31 heavy (non-hydrogen) atoms. The van der Waals surface area contributed by atoms with Crippen LogP contribution in [0.15, 0.2) is 47.5 Å². The van der Waals surface area contributed by atoms with E-state index in [4.69, 9.17) is 10.5 Å². The van der Waals surface area contributed by atoms with Crippen LogP contribution in [0.3, 0.4) is 0 Å². The zero-order chi connectivity index (χ0) is 21.5. The first-order valence-electron chi connectivity index (χ1n) is 10.3. The molecule has 1 unspecified atom stereocenters. The van der Waals surface area contributed by atoms with E-state index in [0.717, 1.165) is 5.39 Å². The van der Waals surface area contributed by atoms with Gasteiger partial charge in [0.25, 0.3) is 5.56 Å². The highest BCUT2D eigenvalue weighted by atomic mass is 16.5. The van der Waals surface area contributed by atoms with Crippen LogP contribution in [0.25, 0.3) is 22.3 Å². The number of hydrogen-bond acceptors (Lipinski definition) is 7. The lowest BCUT2D eigenvalue weighted by Gasteiger charge is -2.15. The van der Waals surface area contributed by atoms with Gasteiger partial charge in [-0.05, 0) is 37.8 Å². The number of anilines is 1. The predicted molar refractivity (Wildman–Crippen MR) is 117 cm³/mol. The van der Waals surface area contributed by atoms with Crippen LogP contribution in [0, 0.1) is 5.92 Å². The smallest absolute Gasteiger partial charge is 0.255 e. The average molecular weight is 417 g/mol. The van der Waals surface area contributed by atoms with Crippen LogP contribution in [0.2, 0.25) is 0 Å². The number of pyridine rings is 1. The summed E-state index contributed by atoms with van der Waals surface area (Å²) in [5.74, 6) is 1.33. The van der Waals surface area contributed by atoms with Crippen molar-refractivity contribution in [1.29, 1.82) is 0 Å². The van der Waals surface area contributed by atoms with Crippen LogP contribution in [0.5, 0.6) is 5.75 Å². The molecule has 3 aromatic heterocycles. The molecule has 5 rings (SSSR count). The first kappa shape index (κ1) is 19.2. The Labute approximate surface area is 178 Å². The van der Waals surface area contributed by atoms with Gasteiger partial charge in [0.1, 0.15) is 22.7 Å². The Hall–Kier alpha value is -3.75. The molecule has 0 amide bonds. The summed E-state index contributed by atoms with van der Waals surface area (Å²) in [6.45, 7) is 2.43. The maximum Gasteiger partial charge on any atom is 0.255 e. The molecule has 4 aromatic rings. The molecule has 1 aromatic carbocycles. The lowest BCUT2D eigenvalue weighted by atomic mass is 10.1. The van der Waals surface area contributed by atoms with Crippen molar-refractivity contribution in [3.8, 4) is 17.1 Å². The van der Waals surface area contributed by atoms with Gasteiger partial charge in [0.05, 0.1) is 19.9 Å². The van der Waals surface area contributed by atoms with E-state index in [2.05, 4.69) is 27.2 Å². The highest BCUT2D eigenvalue weighted by Crippen LogP contribution is 2.38. The van der Waals surface area contributed by atoms with Crippen molar-refractivity contribution >= 4 is 16.9 Å². The Morgan fingerprint density at radius 2 is 2.06 bits per heavy atom. The lowest BCUT2D eigenvalue weighted by molar-refractivity contribution is 0.419. The van der Waals surface area contributed by atoms with Crippen LogP contribution < -0.4 is 16.0 Å². The normalized spacial score (nSPS) is 14.6. The second-order valence-corrected chi connectivity index (χ2v) is 7.91. The van der Waals surface area contributed by atoms with Gasteiger partial charge in [-0.2, -0.15) is 0 Å². The molecular weight excluding hydrogens is 394 g/mol. The third-order valence-corrected chi connectivity index (χ3v) is 5.84. The quantitative estimate of drug-likeness (QED) is 0.513. The predicted octanol–water partition coefficient (Wildman–Crippen LogP) is 2.66. The van der Waals surface area contributed by atoms with Crippen LogP contribution in [0.4, 0.5) is 5.95 Å². The Kier molecular flexibility index (Phi) is 4.65. The lowest BCUT2D eigenvalue weighted by Crippen LogP contribution is -2.27. The number of nitrogens with two attached hydrogens (primary N) is 1. The van der Waals surface area contributed by atoms with E-state index < -0.39 is 0 Å². The zero-order valence-corrected chi connectivity index (χ0v) is 17.4. The minimum absolute atomic E-state index is 0.0143. The number of fused-ring (bicyclic) bond motifs is 1. The maximum absolute atomic E-state index is 13.0. The fourth-order valence-electron chi connectivity index (χ4n) is 3.97. The van der Waals surface area contributed by atoms with E-state index in [1.165, 1.54) is 12.8 Å². The molecule has 1 aliphatic rings. The summed E-state index contributed by atoms with van der Waals surface area (Å²) in [7, 11) is 1.58. The summed E-state index contributed by atoms with van der Waals surface area (Å²) in [6.07, 6.45) is 6.00. The van der Waals surface area contributed by atoms with Gasteiger partial charge in [0.2, 0.25) is 5.95 Å². The van der Waals surface area contributed by atoms with Crippen molar-refractivity contribution in [2.45, 2.75) is 32.4 Å². The molecule has 3 heterocycles. The Bertz CT molecular complexity index is 1320. The van der Waals surface area contributed by atoms with Crippen LogP contribution in [0.1, 0.15) is 31.4 Å². The van der Waals surface area contributed by atoms with Gasteiger partial charge < -0.3 is 15.0 Å². The van der Waals surface area contributed by atoms with Gasteiger partial charge in [-0.3, -0.25) is 4.79 Å². The topological polar surface area (TPSA) is 114 Å². The summed E-state index contributed by atoms with van der Waals surface area (Å²) < 4.78 is 8.87. The standard InChI is InChI=1S/C22H23N7O2/c1-13(14-8-9-14)29-10-4-5-15(21(29)30)11-28-12-17(26-27-28)19-16-6-3-7-18(31-2)20(16)25-22(23)24-19/h3-7,10,12-14H,8-9,11H2,1-2H3,(H2,23,24,25). The molecule has 1 aliphatic carbocycles. The van der Waals surface area contributed by atoms with Crippen molar-refractivity contribution in [2.75, 3.05) is 12.8 Å². The fraction of sp³-hybridized carbons (Fsp3) is 0.318. The molecule has 9 nitrogen and oxygen atoms in total. The van der Waals surface area contributed by atoms with Crippen LogP contribution in [-0.4, -0.2) is 36.6 Å². The summed E-state index contributed by atoms with van der Waals surface area (Å²) in [5, 5.41) is 9.25. The number of para-hydroxylation sites is 1. The molecule has 0 spiro atoms. The molecule has 0 aliphatic heterocycles. The largest absolute Gasteiger partial charge is 0.494 e. The van der Waals surface area contributed by atoms with E-state index in [1.54, 1.807) is 18.0 Å². The summed E-state index contributed by atoms with van der Waals surface area (Å²) in [4.78, 5) is 21.6. The monoisotopic (exact) mass is 417 g/mol. The molecule has 0 bridgehead atoms. The van der Waals surface area contributed by atoms with Crippen molar-refractivity contribution in [2.24, 2.45) is 5.92 Å². The Morgan fingerprint density at radius 1 is 1.23 bits per heavy atom. The molecular formula is C22H23N7O2. The third-order valence-electron chi connectivity index (χ3n) is 5.84. The van der Waals surface area contributed by atoms with Crippen molar-refractivity contribution < 1.29 is 4.74 Å². The van der Waals surface area contributed by atoms with Gasteiger partial charge in [-0.15, -0.1) is 5.10 Å². The minimum atomic E-state index is 0.0143. The Morgan fingerprint density at radius 3 is 2.84 bits per heavy atom. The van der Waals surface area contributed by atoms with Crippen molar-refractivity contribution in [3.05, 3.63) is 58.6 Å². The zero-order valence-electron chi connectivity index (χ0n) is 17.4. The first-order valence-corrected chi connectivity index (χ1v) is 10.3. The molecule has 0 radical (unpaired) electrons. The fourth-order valence-corrected chi connectivity index (χ4v) is 3.97. The number of methoxy groups -OCH3 is 1. The van der Waals surface area contributed by atoms with Gasteiger partial charge in [0.15, 0.2) is 0 Å². The number of aromatic nitrogens is 6. The van der Waals surface area contributed by atoms with E-state index in [0.29, 0.717) is 40.7 Å². The van der Waals surface area contributed by atoms with Gasteiger partial charge in [-0.1, -0.05) is 23.4 Å². The second kappa shape index (κ2) is 7.50. The van der Waals surface area contributed by atoms with Crippen LogP contribution >= 0.6 is 0 Å². The third kappa shape index (κ3) is 3.52. The molecule has 0 saturated heterocycles. The van der Waals surface area contributed by atoms with Gasteiger partial charge in [0, 0.05) is 23.2 Å². The summed E-state index contributed by atoms with van der Waals surface area (Å²) in [5.41, 5.74) is 8.35. The van der Waals surface area contributed by atoms with E-state index in [1.807, 2.05) is 41.1 Å². The molecule has 1 fully saturated rings. The second-order valence-electron chi connectivity index (χ2n) is 7.91.